The van der Waals surface area contributed by atoms with E-state index in [1.165, 1.54) is 13.8 Å². The van der Waals surface area contributed by atoms with Crippen molar-refractivity contribution in [3.8, 4) is 0 Å². The number of esters is 3. The van der Waals surface area contributed by atoms with Gasteiger partial charge in [-0.3, -0.25) is 19.2 Å². The molecule has 0 saturated carbocycles. The summed E-state index contributed by atoms with van der Waals surface area (Å²) < 4.78 is 21.0. The molecule has 0 radical (unpaired) electrons. The molecule has 0 unspecified atom stereocenters. The molecule has 1 saturated heterocycles. The highest BCUT2D eigenvalue weighted by Gasteiger charge is 2.50. The molecule has 0 spiro atoms. The lowest BCUT2D eigenvalue weighted by atomic mass is 9.97. The van der Waals surface area contributed by atoms with Crippen LogP contribution in [0.3, 0.4) is 0 Å². The lowest BCUT2D eigenvalue weighted by Gasteiger charge is -2.43. The predicted molar refractivity (Wildman–Crippen MR) is 93.6 cm³/mol. The zero-order valence-electron chi connectivity index (χ0n) is 15.4. The average molecular weight is 406 g/mol. The van der Waals surface area contributed by atoms with Crippen molar-refractivity contribution in [3.05, 3.63) is 12.7 Å². The molecule has 0 aromatic carbocycles. The van der Waals surface area contributed by atoms with Gasteiger partial charge in [-0.15, -0.1) is 6.58 Å². The van der Waals surface area contributed by atoms with Crippen molar-refractivity contribution in [2.45, 2.75) is 63.5 Å². The molecule has 0 aromatic heterocycles. The van der Waals surface area contributed by atoms with Gasteiger partial charge in [-0.1, -0.05) is 17.7 Å². The molecule has 5 atom stereocenters. The van der Waals surface area contributed by atoms with Crippen LogP contribution in [0.15, 0.2) is 12.7 Å². The molecule has 0 aliphatic carbocycles. The van der Waals surface area contributed by atoms with E-state index >= 15 is 0 Å². The predicted octanol–water partition coefficient (Wildman–Crippen LogP) is 0.828. The Morgan fingerprint density at radius 3 is 2.19 bits per heavy atom. The van der Waals surface area contributed by atoms with Crippen molar-refractivity contribution in [1.82, 2.24) is 5.32 Å². The zero-order valence-corrected chi connectivity index (χ0v) is 16.2. The summed E-state index contributed by atoms with van der Waals surface area (Å²) in [5.74, 6) is -2.28. The summed E-state index contributed by atoms with van der Waals surface area (Å²) in [5.41, 5.74) is -1.12. The van der Waals surface area contributed by atoms with E-state index in [0.717, 1.165) is 6.92 Å². The van der Waals surface area contributed by atoms with Crippen molar-refractivity contribution in [1.29, 1.82) is 0 Å². The third-order valence-corrected chi connectivity index (χ3v) is 3.96. The standard InChI is InChI=1S/C17H24ClNO8/c1-5-6-7-13(23)19-14-16(26-11(4)22)15(25-10(3)21)12(27-17(14)18)8-24-9(2)20/h5,12,14-17H,1,6-8H2,2-4H3,(H,19,23)/t12-,14-,15-,16-,17+/m1/s1. The first-order valence-electron chi connectivity index (χ1n) is 8.33. The first kappa shape index (κ1) is 22.9. The number of hydrogen-bond donors (Lipinski definition) is 1. The zero-order chi connectivity index (χ0) is 20.6. The molecular formula is C17H24ClNO8. The minimum atomic E-state index is -1.13. The van der Waals surface area contributed by atoms with Gasteiger partial charge in [0.05, 0.1) is 0 Å². The van der Waals surface area contributed by atoms with Crippen LogP contribution in [0.2, 0.25) is 0 Å². The normalized spacial score (nSPS) is 27.2. The number of ether oxygens (including phenoxy) is 4. The number of hydrogen-bond acceptors (Lipinski definition) is 8. The number of alkyl halides is 1. The van der Waals surface area contributed by atoms with Crippen LogP contribution in [-0.4, -0.2) is 60.3 Å². The van der Waals surface area contributed by atoms with Crippen molar-refractivity contribution >= 4 is 35.4 Å². The van der Waals surface area contributed by atoms with E-state index in [4.69, 9.17) is 30.5 Å². The van der Waals surface area contributed by atoms with Crippen molar-refractivity contribution in [2.75, 3.05) is 6.61 Å². The van der Waals surface area contributed by atoms with E-state index in [0.29, 0.717) is 6.42 Å². The number of nitrogens with one attached hydrogen (secondary N) is 1. The maximum atomic E-state index is 12.1. The van der Waals surface area contributed by atoms with Gasteiger partial charge in [-0.25, -0.2) is 0 Å². The summed E-state index contributed by atoms with van der Waals surface area (Å²) in [7, 11) is 0. The van der Waals surface area contributed by atoms with Gasteiger partial charge in [0.15, 0.2) is 17.8 Å². The van der Waals surface area contributed by atoms with Crippen molar-refractivity contribution in [2.24, 2.45) is 0 Å². The molecule has 27 heavy (non-hydrogen) atoms. The Morgan fingerprint density at radius 2 is 1.67 bits per heavy atom. The molecule has 1 fully saturated rings. The Balaban J connectivity index is 3.08. The van der Waals surface area contributed by atoms with Crippen LogP contribution < -0.4 is 5.32 Å². The molecule has 1 rings (SSSR count). The van der Waals surface area contributed by atoms with E-state index in [2.05, 4.69) is 11.9 Å². The number of rotatable bonds is 8. The maximum Gasteiger partial charge on any atom is 0.303 e. The molecule has 1 aliphatic rings. The van der Waals surface area contributed by atoms with Gasteiger partial charge in [-0.2, -0.15) is 0 Å². The van der Waals surface area contributed by atoms with Crippen LogP contribution in [0.1, 0.15) is 33.6 Å². The van der Waals surface area contributed by atoms with Gasteiger partial charge in [0, 0.05) is 27.2 Å². The fourth-order valence-electron chi connectivity index (χ4n) is 2.53. The third kappa shape index (κ3) is 7.56. The summed E-state index contributed by atoms with van der Waals surface area (Å²) in [6.45, 7) is 6.80. The van der Waals surface area contributed by atoms with Gasteiger partial charge < -0.3 is 24.3 Å². The second kappa shape index (κ2) is 10.9. The lowest BCUT2D eigenvalue weighted by molar-refractivity contribution is -0.212. The van der Waals surface area contributed by atoms with Gasteiger partial charge in [0.2, 0.25) is 5.91 Å². The van der Waals surface area contributed by atoms with Crippen molar-refractivity contribution in [3.63, 3.8) is 0 Å². The molecule has 1 amide bonds. The first-order valence-corrected chi connectivity index (χ1v) is 8.77. The van der Waals surface area contributed by atoms with Gasteiger partial charge >= 0.3 is 17.9 Å². The molecule has 0 bridgehead atoms. The quantitative estimate of drug-likeness (QED) is 0.273. The third-order valence-electron chi connectivity index (χ3n) is 3.59. The second-order valence-electron chi connectivity index (χ2n) is 5.90. The van der Waals surface area contributed by atoms with E-state index in [1.807, 2.05) is 0 Å². The van der Waals surface area contributed by atoms with Crippen molar-refractivity contribution < 1.29 is 38.1 Å². The number of halogens is 1. The molecule has 1 aliphatic heterocycles. The molecule has 152 valence electrons. The molecular weight excluding hydrogens is 382 g/mol. The van der Waals surface area contributed by atoms with Crippen LogP contribution in [-0.2, 0) is 38.1 Å². The molecule has 9 nitrogen and oxygen atoms in total. The minimum absolute atomic E-state index is 0.144. The van der Waals surface area contributed by atoms with Gasteiger partial charge in [0.1, 0.15) is 18.8 Å². The van der Waals surface area contributed by atoms with Gasteiger partial charge in [-0.05, 0) is 6.42 Å². The summed E-state index contributed by atoms with van der Waals surface area (Å²) in [6, 6.07) is -0.981. The summed E-state index contributed by atoms with van der Waals surface area (Å²) in [5, 5.41) is 2.63. The van der Waals surface area contributed by atoms with Gasteiger partial charge in [0.25, 0.3) is 0 Å². The van der Waals surface area contributed by atoms with E-state index in [1.54, 1.807) is 6.08 Å². The highest BCUT2D eigenvalue weighted by molar-refractivity contribution is 6.20. The van der Waals surface area contributed by atoms with Crippen LogP contribution in [0.25, 0.3) is 0 Å². The largest absolute Gasteiger partial charge is 0.463 e. The molecule has 1 heterocycles. The Hall–Kier alpha value is -2.13. The Morgan fingerprint density at radius 1 is 1.07 bits per heavy atom. The number of allylic oxidation sites excluding steroid dienone is 1. The highest BCUT2D eigenvalue weighted by Crippen LogP contribution is 2.29. The Bertz CT molecular complexity index is 581. The Kier molecular flexibility index (Phi) is 9.23. The Labute approximate surface area is 162 Å². The second-order valence-corrected chi connectivity index (χ2v) is 6.33. The SMILES string of the molecule is C=CCCC(=O)N[C@@H]1[C@@H](OC(C)=O)[C@H](OC(C)=O)[C@@H](COC(C)=O)O[C@@H]1Cl. The monoisotopic (exact) mass is 405 g/mol. The number of carbonyl (C=O) groups excluding carboxylic acids is 4. The van der Waals surface area contributed by atoms with Crippen LogP contribution in [0, 0.1) is 0 Å². The van der Waals surface area contributed by atoms with Crippen LogP contribution >= 0.6 is 11.6 Å². The summed E-state index contributed by atoms with van der Waals surface area (Å²) >= 11 is 6.22. The average Bonchev–Trinajstić information content (AvgIpc) is 2.56. The highest BCUT2D eigenvalue weighted by atomic mass is 35.5. The summed E-state index contributed by atoms with van der Waals surface area (Å²) in [4.78, 5) is 46.3. The minimum Gasteiger partial charge on any atom is -0.463 e. The lowest BCUT2D eigenvalue weighted by Crippen LogP contribution is -2.65. The fourth-order valence-corrected chi connectivity index (χ4v) is 2.87. The number of amides is 1. The number of carbonyl (C=O) groups is 4. The fraction of sp³-hybridized carbons (Fsp3) is 0.647. The molecule has 10 heteroatoms. The smallest absolute Gasteiger partial charge is 0.303 e. The molecule has 1 N–H and O–H groups in total. The van der Waals surface area contributed by atoms with Crippen LogP contribution in [0.4, 0.5) is 0 Å². The molecule has 0 aromatic rings. The topological polar surface area (TPSA) is 117 Å². The first-order chi connectivity index (χ1) is 12.6. The van der Waals surface area contributed by atoms with E-state index < -0.39 is 47.8 Å². The van der Waals surface area contributed by atoms with E-state index in [-0.39, 0.29) is 18.9 Å². The van der Waals surface area contributed by atoms with Crippen LogP contribution in [0.5, 0.6) is 0 Å². The summed E-state index contributed by atoms with van der Waals surface area (Å²) in [6.07, 6.45) is -1.08. The maximum absolute atomic E-state index is 12.1. The van der Waals surface area contributed by atoms with E-state index in [9.17, 15) is 19.2 Å².